The lowest BCUT2D eigenvalue weighted by Gasteiger charge is -2.11. The Morgan fingerprint density at radius 3 is 2.90 bits per heavy atom. The molecule has 4 rings (SSSR count). The van der Waals surface area contributed by atoms with Crippen molar-refractivity contribution in [2.75, 3.05) is 23.7 Å². The second-order valence-corrected chi connectivity index (χ2v) is 7.82. The predicted octanol–water partition coefficient (Wildman–Crippen LogP) is 2.53. The van der Waals surface area contributed by atoms with Gasteiger partial charge in [-0.3, -0.25) is 9.48 Å². The summed E-state index contributed by atoms with van der Waals surface area (Å²) < 4.78 is 41.8. The molecule has 1 aliphatic rings. The van der Waals surface area contributed by atoms with Crippen LogP contribution in [-0.2, 0) is 13.2 Å². The number of carbonyl (C=O) groups excluding carboxylic acids is 1. The van der Waals surface area contributed by atoms with E-state index in [0.717, 1.165) is 30.3 Å². The molecule has 4 heterocycles. The van der Waals surface area contributed by atoms with E-state index >= 15 is 0 Å². The highest BCUT2D eigenvalue weighted by Crippen LogP contribution is 2.33. The molecule has 31 heavy (non-hydrogen) atoms. The number of aromatic nitrogens is 5. The molecule has 0 spiro atoms. The van der Waals surface area contributed by atoms with Crippen molar-refractivity contribution in [3.63, 3.8) is 0 Å². The summed E-state index contributed by atoms with van der Waals surface area (Å²) in [7, 11) is 1.35. The lowest BCUT2D eigenvalue weighted by Crippen LogP contribution is -2.24. The number of nitrogens with one attached hydrogen (secondary N) is 3. The minimum atomic E-state index is -4.69. The SMILES string of the molecule is C[C@H]1CN[C@H](CCNc2ccn3ncc(C(=O)Nc4cn(C)nc4C(F)(F)F)c3n2)C1. The fourth-order valence-electron chi connectivity index (χ4n) is 3.72. The quantitative estimate of drug-likeness (QED) is 0.549. The molecule has 0 unspecified atom stereocenters. The third kappa shape index (κ3) is 4.63. The van der Waals surface area contributed by atoms with E-state index in [0.29, 0.717) is 24.3 Å². The molecule has 0 saturated carbocycles. The van der Waals surface area contributed by atoms with Gasteiger partial charge in [0, 0.05) is 32.0 Å². The van der Waals surface area contributed by atoms with Crippen LogP contribution in [0.3, 0.4) is 0 Å². The largest absolute Gasteiger partial charge is 0.437 e. The molecule has 3 aromatic heterocycles. The summed E-state index contributed by atoms with van der Waals surface area (Å²) in [5.41, 5.74) is -1.28. The highest BCUT2D eigenvalue weighted by Gasteiger charge is 2.37. The third-order valence-corrected chi connectivity index (χ3v) is 5.20. The van der Waals surface area contributed by atoms with Crippen LogP contribution in [0, 0.1) is 5.92 Å². The van der Waals surface area contributed by atoms with Gasteiger partial charge in [-0.1, -0.05) is 6.92 Å². The Morgan fingerprint density at radius 1 is 1.39 bits per heavy atom. The molecule has 3 aromatic rings. The summed E-state index contributed by atoms with van der Waals surface area (Å²) in [6.45, 7) is 3.94. The first-order valence-corrected chi connectivity index (χ1v) is 9.94. The van der Waals surface area contributed by atoms with Gasteiger partial charge < -0.3 is 16.0 Å². The second-order valence-electron chi connectivity index (χ2n) is 7.82. The molecule has 1 amide bonds. The van der Waals surface area contributed by atoms with Crippen LogP contribution < -0.4 is 16.0 Å². The van der Waals surface area contributed by atoms with Crippen LogP contribution in [0.25, 0.3) is 5.65 Å². The van der Waals surface area contributed by atoms with Gasteiger partial charge in [-0.2, -0.15) is 23.4 Å². The normalized spacial score (nSPS) is 19.1. The number of carbonyl (C=O) groups is 1. The predicted molar refractivity (Wildman–Crippen MR) is 108 cm³/mol. The molecule has 1 fully saturated rings. The van der Waals surface area contributed by atoms with Crippen molar-refractivity contribution in [3.05, 3.63) is 35.9 Å². The van der Waals surface area contributed by atoms with Crippen LogP contribution in [-0.4, -0.2) is 49.4 Å². The zero-order valence-electron chi connectivity index (χ0n) is 17.1. The number of rotatable bonds is 6. The Morgan fingerprint density at radius 2 is 2.19 bits per heavy atom. The first-order valence-electron chi connectivity index (χ1n) is 9.94. The highest BCUT2D eigenvalue weighted by atomic mass is 19.4. The summed E-state index contributed by atoms with van der Waals surface area (Å²) >= 11 is 0. The van der Waals surface area contributed by atoms with Crippen molar-refractivity contribution < 1.29 is 18.0 Å². The number of halogens is 3. The van der Waals surface area contributed by atoms with Crippen LogP contribution in [0.5, 0.6) is 0 Å². The number of fused-ring (bicyclic) bond motifs is 1. The smallest absolute Gasteiger partial charge is 0.370 e. The summed E-state index contributed by atoms with van der Waals surface area (Å²) in [4.78, 5) is 17.1. The highest BCUT2D eigenvalue weighted by molar-refractivity contribution is 6.08. The first-order chi connectivity index (χ1) is 14.7. The summed E-state index contributed by atoms with van der Waals surface area (Å²) in [5, 5.41) is 16.4. The molecule has 3 N–H and O–H groups in total. The molecule has 1 aliphatic heterocycles. The number of aryl methyl sites for hydroxylation is 1. The number of amides is 1. The molecule has 12 heteroatoms. The van der Waals surface area contributed by atoms with Gasteiger partial charge in [0.25, 0.3) is 5.91 Å². The summed E-state index contributed by atoms with van der Waals surface area (Å²) in [6.07, 6.45) is 1.40. The molecule has 0 aliphatic carbocycles. The topological polar surface area (TPSA) is 101 Å². The minimum absolute atomic E-state index is 0.0620. The van der Waals surface area contributed by atoms with Crippen molar-refractivity contribution in [2.24, 2.45) is 13.0 Å². The Labute approximate surface area is 176 Å². The van der Waals surface area contributed by atoms with Crippen LogP contribution in [0.2, 0.25) is 0 Å². The van der Waals surface area contributed by atoms with E-state index in [1.54, 1.807) is 12.3 Å². The standard InChI is InChI=1S/C19H23F3N8O/c1-11-7-12(24-8-11)3-5-23-15-4-6-30-17(27-15)13(9-25-30)18(31)26-14-10-29(2)28-16(14)19(20,21)22/h4,6,9-12,24H,3,5,7-8H2,1-2H3,(H,23,27)(H,26,31)/t11-,12-/m1/s1. The second kappa shape index (κ2) is 8.17. The number of alkyl halides is 3. The van der Waals surface area contributed by atoms with Crippen molar-refractivity contribution >= 4 is 23.1 Å². The zero-order chi connectivity index (χ0) is 22.2. The molecule has 0 radical (unpaired) electrons. The van der Waals surface area contributed by atoms with Gasteiger partial charge in [-0.25, -0.2) is 9.50 Å². The van der Waals surface area contributed by atoms with Gasteiger partial charge in [-0.05, 0) is 31.4 Å². The van der Waals surface area contributed by atoms with Crippen LogP contribution in [0.15, 0.2) is 24.7 Å². The number of hydrogen-bond acceptors (Lipinski definition) is 6. The Balaban J connectivity index is 1.48. The van der Waals surface area contributed by atoms with Gasteiger partial charge in [0.1, 0.15) is 11.4 Å². The Bertz CT molecular complexity index is 1090. The summed E-state index contributed by atoms with van der Waals surface area (Å²) in [5.74, 6) is 0.484. The van der Waals surface area contributed by atoms with E-state index in [4.69, 9.17) is 0 Å². The van der Waals surface area contributed by atoms with E-state index in [9.17, 15) is 18.0 Å². The molecule has 0 aromatic carbocycles. The maximum absolute atomic E-state index is 13.1. The number of hydrogen-bond donors (Lipinski definition) is 3. The van der Waals surface area contributed by atoms with E-state index in [1.807, 2.05) is 0 Å². The van der Waals surface area contributed by atoms with Crippen molar-refractivity contribution in [1.29, 1.82) is 0 Å². The zero-order valence-corrected chi connectivity index (χ0v) is 17.1. The maximum atomic E-state index is 13.1. The van der Waals surface area contributed by atoms with Crippen molar-refractivity contribution in [3.8, 4) is 0 Å². The van der Waals surface area contributed by atoms with Crippen LogP contribution in [0.1, 0.15) is 35.8 Å². The number of anilines is 2. The van der Waals surface area contributed by atoms with Crippen LogP contribution >= 0.6 is 0 Å². The van der Waals surface area contributed by atoms with Gasteiger partial charge in [0.2, 0.25) is 0 Å². The molecule has 0 bridgehead atoms. The molecule has 2 atom stereocenters. The van der Waals surface area contributed by atoms with Crippen molar-refractivity contribution in [2.45, 2.75) is 32.0 Å². The molecular formula is C19H23F3N8O. The maximum Gasteiger partial charge on any atom is 0.437 e. The van der Waals surface area contributed by atoms with Gasteiger partial charge in [-0.15, -0.1) is 0 Å². The monoisotopic (exact) mass is 436 g/mol. The van der Waals surface area contributed by atoms with E-state index in [-0.39, 0.29) is 11.2 Å². The lowest BCUT2D eigenvalue weighted by atomic mass is 10.1. The van der Waals surface area contributed by atoms with E-state index in [2.05, 4.69) is 38.1 Å². The molecule has 166 valence electrons. The average molecular weight is 436 g/mol. The fraction of sp³-hybridized carbons (Fsp3) is 0.474. The van der Waals surface area contributed by atoms with Crippen LogP contribution in [0.4, 0.5) is 24.7 Å². The number of nitrogens with zero attached hydrogens (tertiary/aromatic N) is 5. The van der Waals surface area contributed by atoms with Gasteiger partial charge in [0.05, 0.1) is 11.9 Å². The Kier molecular flexibility index (Phi) is 5.56. The summed E-state index contributed by atoms with van der Waals surface area (Å²) in [6, 6.07) is 2.19. The Hall–Kier alpha value is -3.15. The molecular weight excluding hydrogens is 413 g/mol. The van der Waals surface area contributed by atoms with Gasteiger partial charge >= 0.3 is 6.18 Å². The fourth-order valence-corrected chi connectivity index (χ4v) is 3.72. The molecule has 9 nitrogen and oxygen atoms in total. The van der Waals surface area contributed by atoms with Crippen molar-refractivity contribution in [1.82, 2.24) is 29.7 Å². The van der Waals surface area contributed by atoms with E-state index < -0.39 is 23.5 Å². The lowest BCUT2D eigenvalue weighted by molar-refractivity contribution is -0.140. The van der Waals surface area contributed by atoms with Gasteiger partial charge in [0.15, 0.2) is 11.3 Å². The first kappa shape index (κ1) is 21.1. The average Bonchev–Trinajstić information content (AvgIpc) is 3.39. The molecule has 1 saturated heterocycles. The third-order valence-electron chi connectivity index (χ3n) is 5.20. The van der Waals surface area contributed by atoms with E-state index in [1.165, 1.54) is 17.8 Å². The minimum Gasteiger partial charge on any atom is -0.370 e.